The van der Waals surface area contributed by atoms with Gasteiger partial charge in [0.25, 0.3) is 5.56 Å². The normalized spacial score (nSPS) is 11.4. The Hall–Kier alpha value is -2.64. The molecule has 0 unspecified atom stereocenters. The summed E-state index contributed by atoms with van der Waals surface area (Å²) in [5, 5.41) is 8.50. The standard InChI is InChI=1S/C10H10N4O4/c1-13-8-7(9(17)14(2)10(13)18)11-5(12-8)3-4-6(15)16/h3-4H,1-2H3,(H,11,12)(H,15,16). The van der Waals surface area contributed by atoms with Gasteiger partial charge in [0.15, 0.2) is 5.65 Å². The van der Waals surface area contributed by atoms with Crippen LogP contribution in [-0.4, -0.2) is 30.2 Å². The summed E-state index contributed by atoms with van der Waals surface area (Å²) >= 11 is 0. The number of fused-ring (bicyclic) bond motifs is 1. The fraction of sp³-hybridized carbons (Fsp3) is 0.200. The van der Waals surface area contributed by atoms with E-state index in [0.717, 1.165) is 10.6 Å². The van der Waals surface area contributed by atoms with Gasteiger partial charge in [-0.1, -0.05) is 0 Å². The van der Waals surface area contributed by atoms with Gasteiger partial charge in [0.1, 0.15) is 11.3 Å². The number of H-pyrrole nitrogens is 1. The molecule has 8 heteroatoms. The van der Waals surface area contributed by atoms with Crippen molar-refractivity contribution in [2.45, 2.75) is 0 Å². The van der Waals surface area contributed by atoms with E-state index >= 15 is 0 Å². The molecule has 2 heterocycles. The van der Waals surface area contributed by atoms with Gasteiger partial charge in [0, 0.05) is 20.2 Å². The summed E-state index contributed by atoms with van der Waals surface area (Å²) in [4.78, 5) is 40.5. The van der Waals surface area contributed by atoms with Gasteiger partial charge >= 0.3 is 11.7 Å². The molecule has 0 aliphatic carbocycles. The smallest absolute Gasteiger partial charge is 0.332 e. The predicted octanol–water partition coefficient (Wildman–Crippen LogP) is -0.942. The summed E-state index contributed by atoms with van der Waals surface area (Å²) in [5.41, 5.74) is -0.652. The molecule has 0 radical (unpaired) electrons. The Balaban J connectivity index is 2.77. The van der Waals surface area contributed by atoms with E-state index in [1.54, 1.807) is 0 Å². The van der Waals surface area contributed by atoms with Crippen molar-refractivity contribution in [2.75, 3.05) is 0 Å². The second-order valence-electron chi connectivity index (χ2n) is 3.70. The summed E-state index contributed by atoms with van der Waals surface area (Å²) in [6, 6.07) is 0. The van der Waals surface area contributed by atoms with Crippen molar-refractivity contribution in [3.8, 4) is 0 Å². The number of aliphatic carboxylic acids is 1. The Bertz CT molecular complexity index is 777. The van der Waals surface area contributed by atoms with Gasteiger partial charge in [-0.25, -0.2) is 14.6 Å². The van der Waals surface area contributed by atoms with Gasteiger partial charge in [0.05, 0.1) is 0 Å². The number of imidazole rings is 1. The second-order valence-corrected chi connectivity index (χ2v) is 3.70. The fourth-order valence-electron chi connectivity index (χ4n) is 1.57. The van der Waals surface area contributed by atoms with Gasteiger partial charge in [-0.15, -0.1) is 0 Å². The molecule has 2 aromatic heterocycles. The van der Waals surface area contributed by atoms with Crippen molar-refractivity contribution in [1.82, 2.24) is 19.1 Å². The molecule has 0 aromatic carbocycles. The highest BCUT2D eigenvalue weighted by Crippen LogP contribution is 2.05. The van der Waals surface area contributed by atoms with Crippen molar-refractivity contribution in [2.24, 2.45) is 14.1 Å². The van der Waals surface area contributed by atoms with E-state index < -0.39 is 17.2 Å². The van der Waals surface area contributed by atoms with E-state index in [1.165, 1.54) is 24.7 Å². The molecular weight excluding hydrogens is 240 g/mol. The van der Waals surface area contributed by atoms with Crippen LogP contribution in [0.15, 0.2) is 15.7 Å². The van der Waals surface area contributed by atoms with Gasteiger partial charge < -0.3 is 10.1 Å². The molecule has 94 valence electrons. The first-order chi connectivity index (χ1) is 8.41. The van der Waals surface area contributed by atoms with Crippen molar-refractivity contribution in [3.63, 3.8) is 0 Å². The molecule has 0 saturated carbocycles. The van der Waals surface area contributed by atoms with Crippen LogP contribution in [0.3, 0.4) is 0 Å². The average Bonchev–Trinajstić information content (AvgIpc) is 2.75. The highest BCUT2D eigenvalue weighted by Gasteiger charge is 2.12. The van der Waals surface area contributed by atoms with Crippen LogP contribution in [0.25, 0.3) is 17.2 Å². The van der Waals surface area contributed by atoms with Gasteiger partial charge in [-0.2, -0.15) is 0 Å². The fourth-order valence-corrected chi connectivity index (χ4v) is 1.57. The monoisotopic (exact) mass is 250 g/mol. The SMILES string of the molecule is Cn1c(=O)c2[nH]c(C=CC(=O)O)nc2n(C)c1=O. The van der Waals surface area contributed by atoms with E-state index in [1.807, 2.05) is 0 Å². The number of carbonyl (C=O) groups is 1. The maximum absolute atomic E-state index is 11.8. The number of aromatic nitrogens is 4. The predicted molar refractivity (Wildman–Crippen MR) is 63.2 cm³/mol. The molecule has 0 amide bonds. The number of carboxylic acids is 1. The van der Waals surface area contributed by atoms with Crippen LogP contribution in [0.4, 0.5) is 0 Å². The third-order valence-corrected chi connectivity index (χ3v) is 2.50. The zero-order chi connectivity index (χ0) is 13.4. The topological polar surface area (TPSA) is 110 Å². The van der Waals surface area contributed by atoms with E-state index in [0.29, 0.717) is 0 Å². The molecule has 2 N–H and O–H groups in total. The zero-order valence-corrected chi connectivity index (χ0v) is 9.67. The van der Waals surface area contributed by atoms with Crippen LogP contribution in [0.1, 0.15) is 5.82 Å². The van der Waals surface area contributed by atoms with Crippen LogP contribution < -0.4 is 11.2 Å². The van der Waals surface area contributed by atoms with E-state index in [2.05, 4.69) is 9.97 Å². The number of nitrogens with zero attached hydrogens (tertiary/aromatic N) is 3. The van der Waals surface area contributed by atoms with Gasteiger partial charge in [0.2, 0.25) is 0 Å². The molecule has 2 aromatic rings. The maximum Gasteiger partial charge on any atom is 0.332 e. The van der Waals surface area contributed by atoms with Crippen LogP contribution in [0.2, 0.25) is 0 Å². The summed E-state index contributed by atoms with van der Waals surface area (Å²) in [6.07, 6.45) is 2.10. The first kappa shape index (κ1) is 11.8. The summed E-state index contributed by atoms with van der Waals surface area (Å²) < 4.78 is 2.16. The first-order valence-electron chi connectivity index (χ1n) is 4.98. The zero-order valence-electron chi connectivity index (χ0n) is 9.67. The number of carboxylic acid groups (broad SMARTS) is 1. The number of rotatable bonds is 2. The molecular formula is C10H10N4O4. The van der Waals surface area contributed by atoms with E-state index in [4.69, 9.17) is 5.11 Å². The van der Waals surface area contributed by atoms with Gasteiger partial charge in [-0.3, -0.25) is 13.9 Å². The van der Waals surface area contributed by atoms with E-state index in [9.17, 15) is 14.4 Å². The Labute approximate surface area is 99.8 Å². The largest absolute Gasteiger partial charge is 0.478 e. The van der Waals surface area contributed by atoms with E-state index in [-0.39, 0.29) is 17.0 Å². The molecule has 0 fully saturated rings. The van der Waals surface area contributed by atoms with Crippen LogP contribution in [0, 0.1) is 0 Å². The number of aromatic amines is 1. The highest BCUT2D eigenvalue weighted by atomic mass is 16.4. The molecule has 2 rings (SSSR count). The Morgan fingerprint density at radius 3 is 2.61 bits per heavy atom. The molecule has 8 nitrogen and oxygen atoms in total. The minimum atomic E-state index is -1.13. The molecule has 0 aliphatic rings. The Morgan fingerprint density at radius 1 is 1.33 bits per heavy atom. The third-order valence-electron chi connectivity index (χ3n) is 2.50. The molecule has 0 aliphatic heterocycles. The first-order valence-corrected chi connectivity index (χ1v) is 4.98. The van der Waals surface area contributed by atoms with Gasteiger partial charge in [-0.05, 0) is 6.08 Å². The quantitative estimate of drug-likeness (QED) is 0.668. The number of nitrogens with one attached hydrogen (secondary N) is 1. The summed E-state index contributed by atoms with van der Waals surface area (Å²) in [5.74, 6) is -0.928. The van der Waals surface area contributed by atoms with Crippen LogP contribution in [-0.2, 0) is 18.9 Å². The lowest BCUT2D eigenvalue weighted by Crippen LogP contribution is -2.36. The van der Waals surface area contributed by atoms with Crippen LogP contribution >= 0.6 is 0 Å². The molecule has 0 saturated heterocycles. The molecule has 0 atom stereocenters. The molecule has 0 bridgehead atoms. The molecule has 18 heavy (non-hydrogen) atoms. The number of aryl methyl sites for hydroxylation is 1. The lowest BCUT2D eigenvalue weighted by atomic mass is 10.5. The Kier molecular flexibility index (Phi) is 2.62. The summed E-state index contributed by atoms with van der Waals surface area (Å²) in [6.45, 7) is 0. The third kappa shape index (κ3) is 1.73. The van der Waals surface area contributed by atoms with Crippen molar-refractivity contribution >= 4 is 23.2 Å². The molecule has 0 spiro atoms. The number of hydrogen-bond donors (Lipinski definition) is 2. The average molecular weight is 250 g/mol. The minimum absolute atomic E-state index is 0.157. The van der Waals surface area contributed by atoms with Crippen LogP contribution in [0.5, 0.6) is 0 Å². The number of hydrogen-bond acceptors (Lipinski definition) is 4. The minimum Gasteiger partial charge on any atom is -0.478 e. The highest BCUT2D eigenvalue weighted by molar-refractivity contribution is 5.85. The van der Waals surface area contributed by atoms with Crippen molar-refractivity contribution in [1.29, 1.82) is 0 Å². The lowest BCUT2D eigenvalue weighted by molar-refractivity contribution is -0.131. The maximum atomic E-state index is 11.8. The Morgan fingerprint density at radius 2 is 2.00 bits per heavy atom. The van der Waals surface area contributed by atoms with Crippen molar-refractivity contribution in [3.05, 3.63) is 32.7 Å². The van der Waals surface area contributed by atoms with Crippen molar-refractivity contribution < 1.29 is 9.90 Å². The lowest BCUT2D eigenvalue weighted by Gasteiger charge is -2.00. The second kappa shape index (κ2) is 3.99. The summed E-state index contributed by atoms with van der Waals surface area (Å²) in [7, 11) is 2.84.